The zero-order chi connectivity index (χ0) is 61.0. The second-order valence-electron chi connectivity index (χ2n) is 23.1. The van der Waals surface area contributed by atoms with Gasteiger partial charge in [0.05, 0.1) is 59.6 Å². The van der Waals surface area contributed by atoms with Crippen molar-refractivity contribution in [2.24, 2.45) is 17.8 Å². The molecule has 3 aliphatic heterocycles. The van der Waals surface area contributed by atoms with Gasteiger partial charge < -0.3 is 79.7 Å². The smallest absolute Gasteiger partial charge is 0.416 e. The highest BCUT2D eigenvalue weighted by molar-refractivity contribution is 5.90. The number of nitrogens with one attached hydrogen (secondary N) is 3. The molecule has 3 saturated heterocycles. The molecule has 2 aromatic carbocycles. The zero-order valence-corrected chi connectivity index (χ0v) is 48.4. The summed E-state index contributed by atoms with van der Waals surface area (Å²) >= 11 is 0. The Labute approximate surface area is 470 Å². The fourth-order valence-electron chi connectivity index (χ4n) is 11.5. The number of aliphatic hydroxyl groups is 5. The Morgan fingerprint density at radius 1 is 0.815 bits per heavy atom. The molecule has 19 nitrogen and oxygen atoms in total. The third kappa shape index (κ3) is 15.9. The van der Waals surface area contributed by atoms with Crippen molar-refractivity contribution in [3.63, 3.8) is 0 Å². The minimum absolute atomic E-state index is 0.0268. The highest BCUT2D eigenvalue weighted by Gasteiger charge is 2.60. The van der Waals surface area contributed by atoms with E-state index in [9.17, 15) is 66.3 Å². The number of cyclic esters (lactones) is 1. The number of likely N-dealkylation sites (N-methyl/N-ethyl adjacent to an activating group) is 1. The third-order valence-corrected chi connectivity index (χ3v) is 16.5. The van der Waals surface area contributed by atoms with Crippen molar-refractivity contribution in [2.45, 2.75) is 210 Å². The summed E-state index contributed by atoms with van der Waals surface area (Å²) in [6.45, 7) is 17.5. The Morgan fingerprint density at radius 3 is 1.86 bits per heavy atom. The van der Waals surface area contributed by atoms with Gasteiger partial charge in [0.1, 0.15) is 35.1 Å². The number of benzene rings is 2. The molecular weight excluding hydrogens is 1080 g/mol. The van der Waals surface area contributed by atoms with Crippen LogP contribution in [0.1, 0.15) is 119 Å². The quantitative estimate of drug-likeness (QED) is 0.0714. The summed E-state index contributed by atoms with van der Waals surface area (Å²) in [6, 6.07) is 4.39. The van der Waals surface area contributed by atoms with Gasteiger partial charge in [-0.3, -0.25) is 4.79 Å². The molecule has 0 spiro atoms. The first-order chi connectivity index (χ1) is 37.4. The van der Waals surface area contributed by atoms with Gasteiger partial charge >= 0.3 is 30.4 Å². The largest absolute Gasteiger partial charge is 0.459 e. The topological polar surface area (TPSA) is 250 Å². The maximum absolute atomic E-state index is 14.7. The Kier molecular flexibility index (Phi) is 22.2. The first-order valence-corrected chi connectivity index (χ1v) is 27.5. The summed E-state index contributed by atoms with van der Waals surface area (Å²) in [6.07, 6.45) is -20.9. The normalized spacial score (nSPS) is 36.8. The van der Waals surface area contributed by atoms with Crippen LogP contribution in [0.15, 0.2) is 48.5 Å². The third-order valence-electron chi connectivity index (χ3n) is 16.5. The molecule has 0 aliphatic carbocycles. The van der Waals surface area contributed by atoms with Gasteiger partial charge in [0.15, 0.2) is 12.6 Å². The molecule has 0 radical (unpaired) electrons. The van der Waals surface area contributed by atoms with E-state index in [4.69, 9.17) is 28.4 Å². The Morgan fingerprint density at radius 2 is 1.36 bits per heavy atom. The average Bonchev–Trinajstić information content (AvgIpc) is 3.44. The fourth-order valence-corrected chi connectivity index (χ4v) is 11.5. The van der Waals surface area contributed by atoms with E-state index >= 15 is 0 Å². The van der Waals surface area contributed by atoms with Crippen LogP contribution in [0.5, 0.6) is 0 Å². The zero-order valence-electron chi connectivity index (χ0n) is 48.4. The van der Waals surface area contributed by atoms with Gasteiger partial charge in [-0.2, -0.15) is 26.3 Å². The molecule has 5 rings (SSSR count). The lowest BCUT2D eigenvalue weighted by molar-refractivity contribution is -0.338. The molecule has 3 fully saturated rings. The van der Waals surface area contributed by atoms with Crippen LogP contribution >= 0.6 is 0 Å². The number of aliphatic hydroxyl groups excluding tert-OH is 2. The number of hydrogen-bond acceptors (Lipinski definition) is 15. The van der Waals surface area contributed by atoms with Crippen molar-refractivity contribution in [1.82, 2.24) is 15.1 Å². The van der Waals surface area contributed by atoms with Crippen LogP contribution in [0, 0.1) is 17.8 Å². The van der Waals surface area contributed by atoms with Crippen molar-refractivity contribution >= 4 is 29.4 Å². The van der Waals surface area contributed by atoms with E-state index < -0.39 is 156 Å². The molecule has 0 bridgehead atoms. The van der Waals surface area contributed by atoms with Crippen LogP contribution in [0.2, 0.25) is 0 Å². The molecular formula is C56H85F6N5O14. The summed E-state index contributed by atoms with van der Waals surface area (Å²) < 4.78 is 118. The summed E-state index contributed by atoms with van der Waals surface area (Å²) in [5, 5.41) is 69.5. The summed E-state index contributed by atoms with van der Waals surface area (Å²) in [5.74, 6) is -3.71. The number of methoxy groups -OCH3 is 1. The van der Waals surface area contributed by atoms with Gasteiger partial charge in [0, 0.05) is 50.5 Å². The summed E-state index contributed by atoms with van der Waals surface area (Å²) in [5.41, 5.74) is -9.21. The van der Waals surface area contributed by atoms with Crippen molar-refractivity contribution in [3.05, 3.63) is 59.7 Å². The molecule has 3 aliphatic rings. The van der Waals surface area contributed by atoms with Crippen LogP contribution in [-0.4, -0.2) is 177 Å². The molecule has 2 aromatic rings. The van der Waals surface area contributed by atoms with E-state index in [1.807, 2.05) is 6.92 Å². The maximum Gasteiger partial charge on any atom is 0.416 e. The average molecular weight is 1170 g/mol. The Bertz CT molecular complexity index is 2390. The van der Waals surface area contributed by atoms with Crippen LogP contribution in [0.4, 0.5) is 47.3 Å². The molecule has 0 saturated carbocycles. The van der Waals surface area contributed by atoms with Gasteiger partial charge in [-0.25, -0.2) is 9.59 Å². The monoisotopic (exact) mass is 1170 g/mol. The number of esters is 1. The number of amides is 4. The lowest BCUT2D eigenvalue weighted by atomic mass is 9.74. The van der Waals surface area contributed by atoms with Crippen molar-refractivity contribution in [3.8, 4) is 0 Å². The van der Waals surface area contributed by atoms with Gasteiger partial charge in [-0.15, -0.1) is 0 Å². The van der Waals surface area contributed by atoms with Gasteiger partial charge in [0.2, 0.25) is 0 Å². The van der Waals surface area contributed by atoms with Crippen LogP contribution < -0.4 is 16.0 Å². The SMILES string of the molecule is CCCN(C[C@]1(O)[C@H](C)O[C@@H](O[C@H]2[C@H](C)[C@@H](O[C@@H]3O[C@H](C)C[C@H](N(C)C(=O)Nc4ccc(C(F)(F)F)cc4)[C@H]3O)[C@](C)(O)C[C@@H](C)CN[C@H](C)[C@@H](O)[C@](C)(O)[C@@H](CC)OC(=O)[C@@H]2C)C[C@@]1(C)OC)C(=O)Nc1ccc(C(F)(F)F)cc1. The Balaban J connectivity index is 1.52. The molecule has 460 valence electrons. The Hall–Kier alpha value is -4.41. The maximum atomic E-state index is 14.7. The number of carbonyl (C=O) groups excluding carboxylic acids is 3. The van der Waals surface area contributed by atoms with E-state index in [1.54, 1.807) is 41.5 Å². The minimum atomic E-state index is -4.61. The predicted octanol–water partition coefficient (Wildman–Crippen LogP) is 7.51. The number of ether oxygens (including phenoxy) is 6. The first kappa shape index (κ1) is 67.4. The van der Waals surface area contributed by atoms with Gasteiger partial charge in [-0.05, 0) is 135 Å². The molecule has 81 heavy (non-hydrogen) atoms. The molecule has 4 amide bonds. The predicted molar refractivity (Wildman–Crippen MR) is 285 cm³/mol. The molecule has 18 atom stereocenters. The van der Waals surface area contributed by atoms with E-state index in [-0.39, 0.29) is 50.1 Å². The second-order valence-corrected chi connectivity index (χ2v) is 23.1. The molecule has 8 N–H and O–H groups in total. The second kappa shape index (κ2) is 26.7. The number of halogens is 6. The van der Waals surface area contributed by atoms with Crippen LogP contribution in [-0.2, 0) is 45.6 Å². The van der Waals surface area contributed by atoms with Crippen molar-refractivity contribution in [1.29, 1.82) is 0 Å². The van der Waals surface area contributed by atoms with Crippen LogP contribution in [0.3, 0.4) is 0 Å². The van der Waals surface area contributed by atoms with E-state index in [2.05, 4.69) is 16.0 Å². The van der Waals surface area contributed by atoms with Crippen molar-refractivity contribution in [2.75, 3.05) is 44.4 Å². The number of urea groups is 2. The molecule has 3 heterocycles. The number of nitrogens with zero attached hydrogens (tertiary/aromatic N) is 2. The van der Waals surface area contributed by atoms with Crippen molar-refractivity contribution < 1.29 is 94.7 Å². The minimum Gasteiger partial charge on any atom is -0.459 e. The highest BCUT2D eigenvalue weighted by Crippen LogP contribution is 2.44. The molecule has 0 unspecified atom stereocenters. The number of alkyl halides is 6. The van der Waals surface area contributed by atoms with E-state index in [0.717, 1.165) is 48.5 Å². The number of rotatable bonds is 13. The van der Waals surface area contributed by atoms with Gasteiger partial charge in [0.25, 0.3) is 0 Å². The van der Waals surface area contributed by atoms with Crippen LogP contribution in [0.25, 0.3) is 0 Å². The standard InChI is InChI=1S/C56H85F6N5O14/c1-14-24-67(50(72)65-39-22-18-37(19-23-39)56(60,61)62)29-54(75)35(8)78-42(27-52(54,10)76-13)80-44-32(5)46(51(9,73)26-30(3)28-63-34(7)45(69)53(11,74)41(15-2)79-47(70)33(44)6)81-48-43(68)40(25-31(4)77-48)66(12)49(71)64-38-20-16-36(17-21-38)55(57,58)59/h16-23,30-35,40-46,48,63,68-69,73-75H,14-15,24-29H2,1-13H3,(H,64,71)(H,65,72)/t30-,31-,32+,33-,34-,35+,40+,41-,42+,43-,44+,45-,46-,48+,51-,52-,53-,54+/m1/s1. The van der Waals surface area contributed by atoms with E-state index in [0.29, 0.717) is 6.42 Å². The van der Waals surface area contributed by atoms with E-state index in [1.165, 1.54) is 51.7 Å². The number of carbonyl (C=O) groups is 3. The number of hydrogen-bond donors (Lipinski definition) is 8. The summed E-state index contributed by atoms with van der Waals surface area (Å²) in [4.78, 5) is 44.7. The van der Waals surface area contributed by atoms with Gasteiger partial charge in [-0.1, -0.05) is 27.7 Å². The molecule has 0 aromatic heterocycles. The summed E-state index contributed by atoms with van der Waals surface area (Å²) in [7, 11) is 2.72. The molecule has 25 heteroatoms. The fraction of sp³-hybridized carbons (Fsp3) is 0.732. The lowest BCUT2D eigenvalue weighted by Gasteiger charge is -2.54. The lowest BCUT2D eigenvalue weighted by Crippen LogP contribution is -2.70. The highest BCUT2D eigenvalue weighted by atomic mass is 19.4. The first-order valence-electron chi connectivity index (χ1n) is 27.5. The number of anilines is 2.